The molecule has 0 N–H and O–H groups in total. The summed E-state index contributed by atoms with van der Waals surface area (Å²) in [6, 6.07) is 4.84. The number of pyridine rings is 1. The van der Waals surface area contributed by atoms with Crippen molar-refractivity contribution in [2.75, 3.05) is 18.0 Å². The molecule has 1 saturated heterocycles. The Hall–Kier alpha value is 0.449. The zero-order valence-electron chi connectivity index (χ0n) is 11.8. The predicted octanol–water partition coefficient (Wildman–Crippen LogP) is 1.01. The van der Waals surface area contributed by atoms with Crippen LogP contribution >= 0.6 is 25.3 Å². The number of amides is 1. The second-order valence-corrected chi connectivity index (χ2v) is 7.13. The molecule has 2 heterocycles. The van der Waals surface area contributed by atoms with Gasteiger partial charge in [-0.25, -0.2) is 0 Å². The van der Waals surface area contributed by atoms with E-state index >= 15 is 0 Å². The first-order chi connectivity index (χ1) is 9.34. The molecule has 0 bridgehead atoms. The molecule has 1 aliphatic carbocycles. The molecule has 1 spiro atoms. The summed E-state index contributed by atoms with van der Waals surface area (Å²) in [5.41, 5.74) is 0.399. The minimum atomic E-state index is -1.08. The van der Waals surface area contributed by atoms with Gasteiger partial charge in [0.1, 0.15) is 13.4 Å². The van der Waals surface area contributed by atoms with Crippen LogP contribution in [0.25, 0.3) is 0 Å². The van der Waals surface area contributed by atoms with Crippen molar-refractivity contribution in [3.63, 3.8) is 0 Å². The monoisotopic (exact) mass is 393 g/mol. The molecular formula is C13H15BN3OS2Y-. The number of aromatic nitrogens is 1. The van der Waals surface area contributed by atoms with Gasteiger partial charge in [0.05, 0.1) is 4.10 Å². The van der Waals surface area contributed by atoms with Crippen LogP contribution in [-0.4, -0.2) is 46.4 Å². The fourth-order valence-electron chi connectivity index (χ4n) is 2.75. The molecule has 21 heavy (non-hydrogen) atoms. The van der Waals surface area contributed by atoms with Crippen LogP contribution in [0.2, 0.25) is 0 Å². The molecule has 1 aromatic heterocycles. The molecule has 0 aromatic carbocycles. The second kappa shape index (κ2) is 6.16. The van der Waals surface area contributed by atoms with Gasteiger partial charge in [-0.1, -0.05) is 13.1 Å². The van der Waals surface area contributed by atoms with E-state index in [0.717, 1.165) is 18.4 Å². The van der Waals surface area contributed by atoms with Gasteiger partial charge in [-0.3, -0.25) is 9.69 Å². The van der Waals surface area contributed by atoms with Crippen LogP contribution in [0, 0.1) is 13.0 Å². The fourth-order valence-corrected chi connectivity index (χ4v) is 3.33. The van der Waals surface area contributed by atoms with Gasteiger partial charge in [-0.15, -0.1) is 11.6 Å². The van der Waals surface area contributed by atoms with Crippen LogP contribution < -0.4 is 4.90 Å². The summed E-state index contributed by atoms with van der Waals surface area (Å²) in [6.45, 7) is 3.08. The van der Waals surface area contributed by atoms with Crippen LogP contribution in [0.4, 0.5) is 5.82 Å². The quantitative estimate of drug-likeness (QED) is 0.341. The number of hydrogen-bond acceptors (Lipinski definition) is 5. The SMILES string of the molecule is [B]C(S)(S)N1CCN(c2c[c-]c(C)cn2)C(=O)C12CC2.[Y]. The zero-order valence-corrected chi connectivity index (χ0v) is 16.4. The third-order valence-corrected chi connectivity index (χ3v) is 4.41. The summed E-state index contributed by atoms with van der Waals surface area (Å²) in [6.07, 6.45) is 3.30. The van der Waals surface area contributed by atoms with Gasteiger partial charge in [0.25, 0.3) is 0 Å². The zero-order chi connectivity index (χ0) is 14.5. The Labute approximate surface area is 162 Å². The number of carbonyl (C=O) groups is 1. The van der Waals surface area contributed by atoms with E-state index in [-0.39, 0.29) is 38.6 Å². The molecular weight excluding hydrogens is 378 g/mol. The van der Waals surface area contributed by atoms with Crippen molar-refractivity contribution in [1.29, 1.82) is 0 Å². The van der Waals surface area contributed by atoms with Gasteiger partial charge in [0.15, 0.2) is 0 Å². The summed E-state index contributed by atoms with van der Waals surface area (Å²) in [4.78, 5) is 20.7. The molecule has 3 radical (unpaired) electrons. The summed E-state index contributed by atoms with van der Waals surface area (Å²) in [7, 11) is 5.95. The molecule has 1 amide bonds. The van der Waals surface area contributed by atoms with Crippen LogP contribution in [0.15, 0.2) is 12.3 Å². The standard InChI is InChI=1S/C13H15BN3OS2.Y/c1-9-2-3-10(15-8-9)16-6-7-17(13(14,19)20)12(4-5-12)11(16)18;/h3,8,19-20H,4-7H2,1H3;/q-1;. The topological polar surface area (TPSA) is 36.4 Å². The molecule has 2 fully saturated rings. The maximum atomic E-state index is 12.8. The second-order valence-electron chi connectivity index (χ2n) is 5.42. The molecule has 4 nitrogen and oxygen atoms in total. The maximum Gasteiger partial charge on any atom is 0.237 e. The summed E-state index contributed by atoms with van der Waals surface area (Å²) >= 11 is 8.59. The average Bonchev–Trinajstić information content (AvgIpc) is 3.14. The predicted molar refractivity (Wildman–Crippen MR) is 85.3 cm³/mol. The van der Waals surface area contributed by atoms with Crippen molar-refractivity contribution in [3.8, 4) is 0 Å². The fraction of sp³-hybridized carbons (Fsp3) is 0.538. The molecule has 1 aliphatic heterocycles. The van der Waals surface area contributed by atoms with Crippen molar-refractivity contribution in [1.82, 2.24) is 9.88 Å². The van der Waals surface area contributed by atoms with Gasteiger partial charge in [0, 0.05) is 51.6 Å². The van der Waals surface area contributed by atoms with Crippen LogP contribution in [-0.2, 0) is 37.5 Å². The average molecular weight is 393 g/mol. The Balaban J connectivity index is 0.00000161. The Morgan fingerprint density at radius 2 is 2.10 bits per heavy atom. The largest absolute Gasteiger partial charge is 0.367 e. The molecule has 3 rings (SSSR count). The maximum absolute atomic E-state index is 12.8. The number of carbonyl (C=O) groups excluding carboxylic acids is 1. The molecule has 0 unspecified atom stereocenters. The molecule has 2 aliphatic rings. The first kappa shape index (κ1) is 17.8. The molecule has 1 saturated carbocycles. The molecule has 107 valence electrons. The number of piperazine rings is 1. The van der Waals surface area contributed by atoms with Crippen molar-refractivity contribution < 1.29 is 37.5 Å². The number of thiol groups is 2. The Morgan fingerprint density at radius 1 is 1.43 bits per heavy atom. The number of hydrogen-bond donors (Lipinski definition) is 2. The van der Waals surface area contributed by atoms with Gasteiger partial charge in [0.2, 0.25) is 5.91 Å². The normalized spacial score (nSPS) is 21.3. The van der Waals surface area contributed by atoms with Gasteiger partial charge >= 0.3 is 0 Å². The number of rotatable bonds is 2. The van der Waals surface area contributed by atoms with E-state index < -0.39 is 9.64 Å². The number of anilines is 1. The van der Waals surface area contributed by atoms with Crippen molar-refractivity contribution in [3.05, 3.63) is 23.9 Å². The summed E-state index contributed by atoms with van der Waals surface area (Å²) < 4.78 is -1.08. The smallest absolute Gasteiger partial charge is 0.237 e. The van der Waals surface area contributed by atoms with Crippen molar-refractivity contribution in [2.24, 2.45) is 0 Å². The van der Waals surface area contributed by atoms with Gasteiger partial charge in [-0.05, 0) is 12.8 Å². The van der Waals surface area contributed by atoms with Crippen LogP contribution in [0.3, 0.4) is 0 Å². The first-order valence-electron chi connectivity index (χ1n) is 6.52. The molecule has 1 aromatic rings. The van der Waals surface area contributed by atoms with Crippen molar-refractivity contribution in [2.45, 2.75) is 29.4 Å². The Kier molecular flexibility index (Phi) is 5.22. The van der Waals surface area contributed by atoms with E-state index in [4.69, 9.17) is 7.85 Å². The molecule has 8 heteroatoms. The van der Waals surface area contributed by atoms with E-state index in [9.17, 15) is 4.79 Å². The van der Waals surface area contributed by atoms with Gasteiger partial charge < -0.3 is 9.88 Å². The Morgan fingerprint density at radius 3 is 2.57 bits per heavy atom. The van der Waals surface area contributed by atoms with E-state index in [2.05, 4.69) is 36.3 Å². The first-order valence-corrected chi connectivity index (χ1v) is 7.42. The molecule has 0 atom stereocenters. The van der Waals surface area contributed by atoms with E-state index in [1.165, 1.54) is 0 Å². The Bertz CT molecular complexity index is 545. The summed E-state index contributed by atoms with van der Waals surface area (Å²) in [5.74, 6) is 0.680. The summed E-state index contributed by atoms with van der Waals surface area (Å²) in [5, 5.41) is 0. The van der Waals surface area contributed by atoms with Crippen molar-refractivity contribution >= 4 is 44.8 Å². The van der Waals surface area contributed by atoms with E-state index in [1.54, 1.807) is 17.2 Å². The third-order valence-electron chi connectivity index (χ3n) is 3.92. The van der Waals surface area contributed by atoms with Crippen LogP contribution in [0.5, 0.6) is 0 Å². The third kappa shape index (κ3) is 3.23. The minimum absolute atomic E-state index is 0. The van der Waals surface area contributed by atoms with Crippen LogP contribution in [0.1, 0.15) is 18.4 Å². The number of nitrogens with zero attached hydrogens (tertiary/aromatic N) is 3. The minimum Gasteiger partial charge on any atom is -0.367 e. The van der Waals surface area contributed by atoms with E-state index in [1.807, 2.05) is 11.8 Å². The number of aryl methyl sites for hydroxylation is 1. The van der Waals surface area contributed by atoms with Gasteiger partial charge in [-0.2, -0.15) is 31.3 Å². The van der Waals surface area contributed by atoms with E-state index in [0.29, 0.717) is 18.9 Å².